The largest absolute Gasteiger partial charge is 2.00 e. The van der Waals surface area contributed by atoms with Gasteiger partial charge >= 0.3 is 29.0 Å². The molecule has 2 fully saturated rings. The van der Waals surface area contributed by atoms with Gasteiger partial charge in [-0.3, -0.25) is 8.80 Å². The number of ether oxygens (including phenoxy) is 1. The normalized spacial score (nSPS) is 15.5. The molecule has 0 radical (unpaired) electrons. The summed E-state index contributed by atoms with van der Waals surface area (Å²) >= 11 is 0. The number of rotatable bonds is 5. The Morgan fingerprint density at radius 2 is 1.13 bits per heavy atom. The van der Waals surface area contributed by atoms with Crippen molar-refractivity contribution < 1.29 is 31.6 Å². The Morgan fingerprint density at radius 1 is 0.645 bits per heavy atom. The van der Waals surface area contributed by atoms with Gasteiger partial charge in [-0.1, -0.05) is 24.3 Å². The minimum Gasteiger partial charge on any atom is -1.00 e. The molecule has 6 aromatic heterocycles. The third-order valence-electron chi connectivity index (χ3n) is 11.6. The molecular formula is C47H55BrMgN10O3. The topological polar surface area (TPSA) is 120 Å². The van der Waals surface area contributed by atoms with E-state index in [2.05, 4.69) is 56.3 Å². The average molecular weight is 912 g/mol. The summed E-state index contributed by atoms with van der Waals surface area (Å²) in [5, 5.41) is 12.7. The fourth-order valence-corrected chi connectivity index (χ4v) is 8.48. The fourth-order valence-electron chi connectivity index (χ4n) is 8.48. The Bertz CT molecular complexity index is 2860. The van der Waals surface area contributed by atoms with E-state index in [1.165, 1.54) is 0 Å². The molecule has 2 aliphatic heterocycles. The van der Waals surface area contributed by atoms with Crippen LogP contribution >= 0.6 is 0 Å². The van der Waals surface area contributed by atoms with E-state index in [9.17, 15) is 9.90 Å². The van der Waals surface area contributed by atoms with Gasteiger partial charge < -0.3 is 53.9 Å². The van der Waals surface area contributed by atoms with E-state index in [4.69, 9.17) is 24.7 Å². The first-order valence-electron chi connectivity index (χ1n) is 20.8. The van der Waals surface area contributed by atoms with Crippen molar-refractivity contribution in [3.63, 3.8) is 0 Å². The number of nitrogens with zero attached hydrogens (tertiary/aromatic N) is 10. The molecule has 15 heteroatoms. The maximum Gasteiger partial charge on any atom is 2.00 e. The predicted octanol–water partition coefficient (Wildman–Crippen LogP) is 3.83. The smallest absolute Gasteiger partial charge is 1.00 e. The number of para-hydroxylation sites is 4. The number of hydrogen-bond acceptors (Lipinski definition) is 11. The molecule has 0 saturated carbocycles. The van der Waals surface area contributed by atoms with E-state index < -0.39 is 5.60 Å². The van der Waals surface area contributed by atoms with Crippen LogP contribution in [-0.2, 0) is 10.3 Å². The first kappa shape index (κ1) is 46.8. The van der Waals surface area contributed by atoms with Crippen LogP contribution in [0.15, 0.2) is 84.9 Å². The first-order valence-corrected chi connectivity index (χ1v) is 20.8. The number of esters is 1. The first-order chi connectivity index (χ1) is 28.6. The van der Waals surface area contributed by atoms with Gasteiger partial charge in [0.1, 0.15) is 34.1 Å². The summed E-state index contributed by atoms with van der Waals surface area (Å²) in [6.45, 7) is 14.0. The molecule has 0 bridgehead atoms. The molecule has 0 aliphatic carbocycles. The quantitative estimate of drug-likeness (QED) is 0.154. The standard InChI is InChI=1S/C23H25N5O2.C23H27N5O.CH3.BrH.Mg/c1-3-30-23(29)17-15-16-9-10-20(27-12-6-11-26(2)13-14-27)25-21(16)28-19-8-5-4-7-18(19)24-22(17)28;1-23(2,29)17-15-16-9-10-20(27-12-6-11-26(3)13-14-27)25-21(16)28-19-8-5-4-7-18(19)24-22(17)28;;;/h4-5,7-10,15H,3,6,11-14H2,1-2H3;4-5,7-10,15,29H,6,11-14H2,1-3H3;1H3;1H;/q;;-1;;+2/p-1. The molecule has 62 heavy (non-hydrogen) atoms. The SMILES string of the molecule is CCOC(=O)c1cc2ccc(N3CCCN(C)CC3)nc2n2c1nc1ccccc12.CN1CCCN(c2ccc3cc(C(C)(C)O)c4nc5ccccc5n4c3n2)CC1.[Br-].[CH3-].[Mg+2]. The fraction of sp³-hybridized carbons (Fsp3) is 0.362. The van der Waals surface area contributed by atoms with Gasteiger partial charge in [0, 0.05) is 55.6 Å². The molecule has 0 spiro atoms. The monoisotopic (exact) mass is 910 g/mol. The molecule has 2 saturated heterocycles. The van der Waals surface area contributed by atoms with Gasteiger partial charge in [-0.25, -0.2) is 24.7 Å². The third kappa shape index (κ3) is 9.06. The van der Waals surface area contributed by atoms with Gasteiger partial charge in [-0.2, -0.15) is 0 Å². The number of imidazole rings is 2. The van der Waals surface area contributed by atoms with Crippen molar-refractivity contribution in [1.82, 2.24) is 38.5 Å². The molecular weight excluding hydrogens is 857 g/mol. The second kappa shape index (κ2) is 19.4. The van der Waals surface area contributed by atoms with Crippen LogP contribution in [0, 0.1) is 7.43 Å². The van der Waals surface area contributed by atoms with Crippen LogP contribution in [0.5, 0.6) is 0 Å². The summed E-state index contributed by atoms with van der Waals surface area (Å²) < 4.78 is 9.39. The average Bonchev–Trinajstić information content (AvgIpc) is 3.64. The Labute approximate surface area is 389 Å². The second-order valence-electron chi connectivity index (χ2n) is 16.4. The van der Waals surface area contributed by atoms with Crippen molar-refractivity contribution in [3.8, 4) is 0 Å². The number of benzene rings is 2. The summed E-state index contributed by atoms with van der Waals surface area (Å²) in [5.74, 6) is 1.60. The van der Waals surface area contributed by atoms with Crippen molar-refractivity contribution in [1.29, 1.82) is 0 Å². The maximum atomic E-state index is 12.7. The van der Waals surface area contributed by atoms with Crippen molar-refractivity contribution in [2.45, 2.75) is 39.2 Å². The third-order valence-corrected chi connectivity index (χ3v) is 11.6. The van der Waals surface area contributed by atoms with Crippen LogP contribution < -0.4 is 26.8 Å². The summed E-state index contributed by atoms with van der Waals surface area (Å²) in [7, 11) is 4.34. The van der Waals surface area contributed by atoms with Gasteiger partial charge in [-0.05, 0) is 121 Å². The number of aromatic nitrogens is 6. The van der Waals surface area contributed by atoms with Crippen LogP contribution in [0.4, 0.5) is 11.6 Å². The molecule has 2 aliphatic rings. The predicted molar refractivity (Wildman–Crippen MR) is 248 cm³/mol. The molecule has 8 aromatic rings. The molecule has 2 aromatic carbocycles. The second-order valence-corrected chi connectivity index (χ2v) is 16.4. The van der Waals surface area contributed by atoms with Gasteiger partial charge in [0.2, 0.25) is 0 Å². The number of likely N-dealkylation sites (N-methyl/N-ethyl adjacent to an activating group) is 2. The van der Waals surface area contributed by atoms with Crippen molar-refractivity contribution in [3.05, 3.63) is 103 Å². The molecule has 10 rings (SSSR count). The van der Waals surface area contributed by atoms with Crippen molar-refractivity contribution in [2.24, 2.45) is 0 Å². The van der Waals surface area contributed by atoms with E-state index in [1.54, 1.807) is 0 Å². The zero-order valence-corrected chi connectivity index (χ0v) is 39.7. The van der Waals surface area contributed by atoms with Gasteiger partial charge in [0.05, 0.1) is 34.3 Å². The molecule has 8 heterocycles. The molecule has 320 valence electrons. The van der Waals surface area contributed by atoms with E-state index in [0.29, 0.717) is 17.8 Å². The van der Waals surface area contributed by atoms with Crippen molar-refractivity contribution in [2.75, 3.05) is 82.9 Å². The van der Waals surface area contributed by atoms with Crippen LogP contribution in [0.2, 0.25) is 0 Å². The summed E-state index contributed by atoms with van der Waals surface area (Å²) in [6, 6.07) is 28.2. The minimum atomic E-state index is -0.995. The zero-order valence-electron chi connectivity index (χ0n) is 36.7. The number of halogens is 1. The van der Waals surface area contributed by atoms with Crippen molar-refractivity contribution >= 4 is 96.1 Å². The Hall–Kier alpha value is -4.64. The van der Waals surface area contributed by atoms with Gasteiger partial charge in [0.25, 0.3) is 0 Å². The van der Waals surface area contributed by atoms with Crippen LogP contribution in [0.25, 0.3) is 55.4 Å². The summed E-state index contributed by atoms with van der Waals surface area (Å²) in [5.41, 5.74) is 7.02. The number of aliphatic hydroxyl groups is 1. The zero-order chi connectivity index (χ0) is 40.8. The molecule has 0 amide bonds. The van der Waals surface area contributed by atoms with Crippen LogP contribution in [0.1, 0.15) is 49.5 Å². The number of carbonyl (C=O) groups is 1. The van der Waals surface area contributed by atoms with E-state index in [1.807, 2.05) is 91.9 Å². The Kier molecular flexibility index (Phi) is 14.7. The Balaban J connectivity index is 0.000000197. The van der Waals surface area contributed by atoms with Crippen LogP contribution in [-0.4, -0.2) is 146 Å². The van der Waals surface area contributed by atoms with E-state index >= 15 is 0 Å². The number of anilines is 2. The maximum absolute atomic E-state index is 12.7. The number of carbonyl (C=O) groups excluding carboxylic acids is 1. The van der Waals surface area contributed by atoms with Crippen LogP contribution in [0.3, 0.4) is 0 Å². The van der Waals surface area contributed by atoms with E-state index in [0.717, 1.165) is 132 Å². The Morgan fingerprint density at radius 3 is 1.65 bits per heavy atom. The van der Waals surface area contributed by atoms with Gasteiger partial charge in [-0.15, -0.1) is 0 Å². The summed E-state index contributed by atoms with van der Waals surface area (Å²) in [6.07, 6.45) is 2.25. The minimum absolute atomic E-state index is 0. The summed E-state index contributed by atoms with van der Waals surface area (Å²) in [4.78, 5) is 41.8. The number of hydrogen-bond donors (Lipinski definition) is 1. The number of fused-ring (bicyclic) bond motifs is 10. The number of pyridine rings is 4. The molecule has 0 unspecified atom stereocenters. The van der Waals surface area contributed by atoms with E-state index in [-0.39, 0.29) is 53.4 Å². The molecule has 1 N–H and O–H groups in total. The molecule has 13 nitrogen and oxygen atoms in total. The molecule has 0 atom stereocenters. The van der Waals surface area contributed by atoms with Gasteiger partial charge in [0.15, 0.2) is 5.65 Å².